The molecule has 5 rings (SSSR count). The number of fused-ring (bicyclic) bond motifs is 1. The second-order valence-electron chi connectivity index (χ2n) is 8.72. The third kappa shape index (κ3) is 5.02. The van der Waals surface area contributed by atoms with Gasteiger partial charge in [-0.15, -0.1) is 0 Å². The van der Waals surface area contributed by atoms with Crippen LogP contribution in [0.1, 0.15) is 26.5 Å². The molecule has 0 bridgehead atoms. The first kappa shape index (κ1) is 23.0. The minimum Gasteiger partial charge on any atom is -0.493 e. The van der Waals surface area contributed by atoms with Gasteiger partial charge in [-0.1, -0.05) is 30.3 Å². The van der Waals surface area contributed by atoms with Gasteiger partial charge in [0.2, 0.25) is 0 Å². The summed E-state index contributed by atoms with van der Waals surface area (Å²) in [7, 11) is 1.56. The van der Waals surface area contributed by atoms with Crippen molar-refractivity contribution in [3.8, 4) is 17.2 Å². The number of carbonyl (C=O) groups is 2. The van der Waals surface area contributed by atoms with Crippen molar-refractivity contribution < 1.29 is 28.2 Å². The summed E-state index contributed by atoms with van der Waals surface area (Å²) in [5.41, 5.74) is 1.55. The number of amides is 1. The first-order chi connectivity index (χ1) is 17.1. The van der Waals surface area contributed by atoms with E-state index in [1.165, 1.54) is 6.26 Å². The molecule has 3 aromatic rings. The number of ether oxygens (including phenoxy) is 3. The molecule has 1 amide bonds. The van der Waals surface area contributed by atoms with Crippen LogP contribution in [0.3, 0.4) is 0 Å². The summed E-state index contributed by atoms with van der Waals surface area (Å²) in [6.07, 6.45) is 1.50. The van der Waals surface area contributed by atoms with Gasteiger partial charge in [-0.05, 0) is 23.8 Å². The van der Waals surface area contributed by atoms with Crippen molar-refractivity contribution in [1.82, 2.24) is 9.80 Å². The molecule has 2 aromatic carbocycles. The molecule has 1 unspecified atom stereocenters. The number of rotatable bonds is 7. The Bertz CT molecular complexity index is 1170. The normalized spacial score (nSPS) is 18.0. The van der Waals surface area contributed by atoms with Crippen LogP contribution in [0, 0.1) is 5.92 Å². The Morgan fingerprint density at radius 2 is 1.83 bits per heavy atom. The maximum absolute atomic E-state index is 13.3. The highest BCUT2D eigenvalue weighted by molar-refractivity contribution is 6.02. The molecule has 35 heavy (non-hydrogen) atoms. The van der Waals surface area contributed by atoms with Crippen LogP contribution in [0.25, 0.3) is 0 Å². The number of hydrogen-bond donors (Lipinski definition) is 0. The molecular weight excluding hydrogens is 448 g/mol. The summed E-state index contributed by atoms with van der Waals surface area (Å²) < 4.78 is 22.7. The van der Waals surface area contributed by atoms with Crippen LogP contribution < -0.4 is 14.2 Å². The smallest absolute Gasteiger partial charge is 0.289 e. The Morgan fingerprint density at radius 3 is 2.54 bits per heavy atom. The van der Waals surface area contributed by atoms with E-state index in [9.17, 15) is 9.59 Å². The number of furan rings is 1. The molecule has 3 heterocycles. The number of carbonyl (C=O) groups excluding carboxylic acids is 2. The van der Waals surface area contributed by atoms with Crippen molar-refractivity contribution in [3.05, 3.63) is 77.7 Å². The quantitative estimate of drug-likeness (QED) is 0.516. The highest BCUT2D eigenvalue weighted by Crippen LogP contribution is 2.38. The zero-order chi connectivity index (χ0) is 24.2. The standard InChI is InChI=1S/C27H28N2O6/c1-32-24-14-21-23(15-25(24)34-17-19-6-3-2-4-7-19)35-18-20(26(21)30)16-28-9-11-29(12-10-28)27(31)22-8-5-13-33-22/h2-8,13-15,20H,9-12,16-18H2,1H3. The molecule has 0 spiro atoms. The lowest BCUT2D eigenvalue weighted by Crippen LogP contribution is -2.51. The van der Waals surface area contributed by atoms with Gasteiger partial charge in [-0.25, -0.2) is 0 Å². The number of Topliss-reactive ketones (excluding diaryl/α,β-unsaturated/α-hetero) is 1. The first-order valence-corrected chi connectivity index (χ1v) is 11.7. The van der Waals surface area contributed by atoms with E-state index < -0.39 is 0 Å². The summed E-state index contributed by atoms with van der Waals surface area (Å²) in [6.45, 7) is 3.84. The number of nitrogens with zero attached hydrogens (tertiary/aromatic N) is 2. The van der Waals surface area contributed by atoms with Gasteiger partial charge in [-0.3, -0.25) is 14.5 Å². The van der Waals surface area contributed by atoms with E-state index in [1.807, 2.05) is 30.3 Å². The number of piperazine rings is 1. The molecule has 0 aliphatic carbocycles. The Hall–Kier alpha value is -3.78. The summed E-state index contributed by atoms with van der Waals surface area (Å²) >= 11 is 0. The van der Waals surface area contributed by atoms with Gasteiger partial charge in [0.05, 0.1) is 31.5 Å². The van der Waals surface area contributed by atoms with Crippen molar-refractivity contribution in [2.24, 2.45) is 5.92 Å². The number of ketones is 1. The molecule has 1 fully saturated rings. The summed E-state index contributed by atoms with van der Waals surface area (Å²) in [5, 5.41) is 0. The van der Waals surface area contributed by atoms with Gasteiger partial charge in [0, 0.05) is 38.8 Å². The van der Waals surface area contributed by atoms with Crippen molar-refractivity contribution in [3.63, 3.8) is 0 Å². The highest BCUT2D eigenvalue weighted by atomic mass is 16.5. The minimum atomic E-state index is -0.282. The maximum atomic E-state index is 13.3. The van der Waals surface area contributed by atoms with E-state index >= 15 is 0 Å². The maximum Gasteiger partial charge on any atom is 0.289 e. The second-order valence-corrected chi connectivity index (χ2v) is 8.72. The lowest BCUT2D eigenvalue weighted by atomic mass is 9.94. The van der Waals surface area contributed by atoms with Gasteiger partial charge in [0.1, 0.15) is 12.4 Å². The Morgan fingerprint density at radius 1 is 1.03 bits per heavy atom. The highest BCUT2D eigenvalue weighted by Gasteiger charge is 2.33. The van der Waals surface area contributed by atoms with Crippen LogP contribution in [-0.4, -0.2) is 67.9 Å². The van der Waals surface area contributed by atoms with Crippen LogP contribution in [-0.2, 0) is 6.61 Å². The van der Waals surface area contributed by atoms with E-state index in [2.05, 4.69) is 4.90 Å². The molecule has 0 radical (unpaired) electrons. The van der Waals surface area contributed by atoms with Crippen molar-refractivity contribution >= 4 is 11.7 Å². The summed E-state index contributed by atoms with van der Waals surface area (Å²) in [6, 6.07) is 16.7. The summed E-state index contributed by atoms with van der Waals surface area (Å²) in [4.78, 5) is 29.8. The third-order valence-electron chi connectivity index (χ3n) is 6.45. The molecule has 1 atom stereocenters. The molecule has 182 valence electrons. The average molecular weight is 477 g/mol. The first-order valence-electron chi connectivity index (χ1n) is 11.7. The third-order valence-corrected chi connectivity index (χ3v) is 6.45. The lowest BCUT2D eigenvalue weighted by molar-refractivity contribution is 0.0534. The molecule has 8 heteroatoms. The second kappa shape index (κ2) is 10.2. The Labute approximate surface area is 204 Å². The number of methoxy groups -OCH3 is 1. The zero-order valence-electron chi connectivity index (χ0n) is 19.6. The molecule has 1 aromatic heterocycles. The Kier molecular flexibility index (Phi) is 6.72. The van der Waals surface area contributed by atoms with Crippen LogP contribution >= 0.6 is 0 Å². The van der Waals surface area contributed by atoms with Gasteiger partial charge in [0.25, 0.3) is 5.91 Å². The van der Waals surface area contributed by atoms with Crippen molar-refractivity contribution in [2.45, 2.75) is 6.61 Å². The van der Waals surface area contributed by atoms with Crippen molar-refractivity contribution in [1.29, 1.82) is 0 Å². The predicted molar refractivity (Wildman–Crippen MR) is 128 cm³/mol. The van der Waals surface area contributed by atoms with Crippen LogP contribution in [0.15, 0.2) is 65.3 Å². The number of hydrogen-bond acceptors (Lipinski definition) is 7. The molecule has 2 aliphatic rings. The lowest BCUT2D eigenvalue weighted by Gasteiger charge is -2.36. The molecular formula is C27H28N2O6. The van der Waals surface area contributed by atoms with Crippen molar-refractivity contribution in [2.75, 3.05) is 46.4 Å². The molecule has 8 nitrogen and oxygen atoms in total. The van der Waals surface area contributed by atoms with E-state index in [0.717, 1.165) is 5.56 Å². The fraction of sp³-hybridized carbons (Fsp3) is 0.333. The van der Waals surface area contributed by atoms with Gasteiger partial charge in [-0.2, -0.15) is 0 Å². The monoisotopic (exact) mass is 476 g/mol. The van der Waals surface area contributed by atoms with E-state index in [0.29, 0.717) is 74.5 Å². The Balaban J connectivity index is 1.21. The minimum absolute atomic E-state index is 0.0354. The molecule has 0 N–H and O–H groups in total. The zero-order valence-corrected chi connectivity index (χ0v) is 19.6. The molecule has 2 aliphatic heterocycles. The van der Waals surface area contributed by atoms with E-state index in [-0.39, 0.29) is 17.6 Å². The van der Waals surface area contributed by atoms with Gasteiger partial charge < -0.3 is 23.5 Å². The van der Waals surface area contributed by atoms with E-state index in [4.69, 9.17) is 18.6 Å². The van der Waals surface area contributed by atoms with Crippen LogP contribution in [0.4, 0.5) is 0 Å². The predicted octanol–water partition coefficient (Wildman–Crippen LogP) is 3.52. The van der Waals surface area contributed by atoms with Gasteiger partial charge >= 0.3 is 0 Å². The fourth-order valence-electron chi connectivity index (χ4n) is 4.48. The van der Waals surface area contributed by atoms with Gasteiger partial charge in [0.15, 0.2) is 23.0 Å². The van der Waals surface area contributed by atoms with E-state index in [1.54, 1.807) is 36.3 Å². The average Bonchev–Trinajstić information content (AvgIpc) is 3.44. The van der Waals surface area contributed by atoms with Crippen LogP contribution in [0.5, 0.6) is 17.2 Å². The molecule has 0 saturated carbocycles. The number of benzene rings is 2. The topological polar surface area (TPSA) is 81.4 Å². The fourth-order valence-corrected chi connectivity index (χ4v) is 4.48. The molecule has 1 saturated heterocycles. The SMILES string of the molecule is COc1cc2c(cc1OCc1ccccc1)OCC(CN1CCN(C(=O)c3ccco3)CC1)C2=O. The van der Waals surface area contributed by atoms with Crippen LogP contribution in [0.2, 0.25) is 0 Å². The summed E-state index contributed by atoms with van der Waals surface area (Å²) in [5.74, 6) is 1.57. The largest absolute Gasteiger partial charge is 0.493 e.